The van der Waals surface area contributed by atoms with Gasteiger partial charge in [-0.15, -0.1) is 11.3 Å². The van der Waals surface area contributed by atoms with E-state index in [1.54, 1.807) is 23.6 Å². The van der Waals surface area contributed by atoms with Crippen LogP contribution in [0.15, 0.2) is 51.0 Å². The zero-order chi connectivity index (χ0) is 16.4. The number of alkyl halides is 1. The van der Waals surface area contributed by atoms with Crippen LogP contribution < -0.4 is 0 Å². The molecule has 3 nitrogen and oxygen atoms in total. The van der Waals surface area contributed by atoms with Crippen molar-refractivity contribution in [1.29, 1.82) is 0 Å². The van der Waals surface area contributed by atoms with E-state index in [9.17, 15) is 4.39 Å². The Morgan fingerprint density at radius 1 is 1.39 bits per heavy atom. The molecule has 0 saturated carbocycles. The van der Waals surface area contributed by atoms with E-state index in [2.05, 4.69) is 54.7 Å². The molecule has 120 valence electrons. The highest BCUT2D eigenvalue weighted by molar-refractivity contribution is 9.10. The van der Waals surface area contributed by atoms with Gasteiger partial charge in [0.1, 0.15) is 5.82 Å². The first-order valence-electron chi connectivity index (χ1n) is 7.10. The van der Waals surface area contributed by atoms with Gasteiger partial charge in [-0.1, -0.05) is 37.9 Å². The minimum Gasteiger partial charge on any atom is -0.328 e. The van der Waals surface area contributed by atoms with E-state index in [0.717, 1.165) is 38.5 Å². The Morgan fingerprint density at radius 3 is 2.83 bits per heavy atom. The molecule has 1 atom stereocenters. The number of nitrogens with zero attached hydrogens (tertiary/aromatic N) is 3. The van der Waals surface area contributed by atoms with Gasteiger partial charge in [-0.3, -0.25) is 4.99 Å². The van der Waals surface area contributed by atoms with Crippen molar-refractivity contribution in [3.05, 3.63) is 62.4 Å². The van der Waals surface area contributed by atoms with Crippen LogP contribution in [-0.2, 0) is 0 Å². The fourth-order valence-electron chi connectivity index (χ4n) is 2.52. The van der Waals surface area contributed by atoms with E-state index in [4.69, 9.17) is 4.99 Å². The van der Waals surface area contributed by atoms with Crippen LogP contribution in [0.25, 0.3) is 0 Å². The van der Waals surface area contributed by atoms with Gasteiger partial charge >= 0.3 is 0 Å². The minimum absolute atomic E-state index is 0.167. The third-order valence-corrected chi connectivity index (χ3v) is 5.60. The molecule has 0 spiro atoms. The van der Waals surface area contributed by atoms with Crippen molar-refractivity contribution in [1.82, 2.24) is 9.88 Å². The Morgan fingerprint density at radius 2 is 2.22 bits per heavy atom. The first kappa shape index (κ1) is 16.8. The second-order valence-corrected chi connectivity index (χ2v) is 7.25. The average Bonchev–Trinajstić information content (AvgIpc) is 3.08. The number of benzene rings is 1. The first-order chi connectivity index (χ1) is 11.1. The Balaban J connectivity index is 2.09. The molecule has 2 aromatic rings. The van der Waals surface area contributed by atoms with Gasteiger partial charge in [0.2, 0.25) is 0 Å². The van der Waals surface area contributed by atoms with Gasteiger partial charge < -0.3 is 4.90 Å². The van der Waals surface area contributed by atoms with Gasteiger partial charge in [0, 0.05) is 33.6 Å². The molecule has 1 aromatic heterocycles. The standard InChI is InChI=1S/C16H14Br2FN3S/c1-2-22-11(9-17)8-14(12-4-3-10(19)7-13(12)18)21-15(22)16-20-5-6-23-16/h3-8,14H,2,9H2,1H3. The smallest absolute Gasteiger partial charge is 0.165 e. The Kier molecular flexibility index (Phi) is 5.28. The van der Waals surface area contributed by atoms with Gasteiger partial charge in [0.05, 0.1) is 6.04 Å². The van der Waals surface area contributed by atoms with Crippen molar-refractivity contribution >= 4 is 49.0 Å². The normalized spacial score (nSPS) is 17.9. The van der Waals surface area contributed by atoms with E-state index in [-0.39, 0.29) is 11.9 Å². The third kappa shape index (κ3) is 3.41. The monoisotopic (exact) mass is 457 g/mol. The molecule has 0 saturated heterocycles. The number of hydrogen-bond donors (Lipinski definition) is 0. The van der Waals surface area contributed by atoms with Crippen LogP contribution >= 0.6 is 43.2 Å². The molecule has 3 rings (SSSR count). The van der Waals surface area contributed by atoms with Crippen LogP contribution in [0, 0.1) is 5.82 Å². The lowest BCUT2D eigenvalue weighted by Gasteiger charge is -2.31. The number of thiazole rings is 1. The minimum atomic E-state index is -0.263. The van der Waals surface area contributed by atoms with Crippen LogP contribution in [0.1, 0.15) is 23.5 Å². The van der Waals surface area contributed by atoms with Gasteiger partial charge in [-0.25, -0.2) is 9.37 Å². The number of amidine groups is 1. The molecule has 23 heavy (non-hydrogen) atoms. The zero-order valence-electron chi connectivity index (χ0n) is 12.3. The number of halogens is 3. The summed E-state index contributed by atoms with van der Waals surface area (Å²) in [7, 11) is 0. The van der Waals surface area contributed by atoms with Crippen molar-refractivity contribution < 1.29 is 4.39 Å². The number of aromatic nitrogens is 1. The van der Waals surface area contributed by atoms with Crippen LogP contribution in [0.3, 0.4) is 0 Å². The molecule has 0 bridgehead atoms. The fourth-order valence-corrected chi connectivity index (χ4v) is 4.24. The Hall–Kier alpha value is -1.05. The lowest BCUT2D eigenvalue weighted by atomic mass is 10.0. The summed E-state index contributed by atoms with van der Waals surface area (Å²) in [6, 6.07) is 4.55. The highest BCUT2D eigenvalue weighted by atomic mass is 79.9. The second kappa shape index (κ2) is 7.23. The molecule has 1 unspecified atom stereocenters. The molecule has 0 radical (unpaired) electrons. The van der Waals surface area contributed by atoms with E-state index in [1.807, 2.05) is 5.38 Å². The maximum atomic E-state index is 13.4. The molecular formula is C16H14Br2FN3S. The van der Waals surface area contributed by atoms with Crippen molar-refractivity contribution in [2.45, 2.75) is 13.0 Å². The van der Waals surface area contributed by atoms with Crippen molar-refractivity contribution in [3.8, 4) is 0 Å². The van der Waals surface area contributed by atoms with Crippen LogP contribution in [0.4, 0.5) is 4.39 Å². The molecule has 1 aliphatic rings. The van der Waals surface area contributed by atoms with E-state index in [1.165, 1.54) is 12.1 Å². The molecule has 2 heterocycles. The summed E-state index contributed by atoms with van der Waals surface area (Å²) in [4.78, 5) is 11.4. The lowest BCUT2D eigenvalue weighted by Crippen LogP contribution is -2.34. The predicted octanol–water partition coefficient (Wildman–Crippen LogP) is 5.15. The molecule has 0 amide bonds. The molecule has 1 aromatic carbocycles. The first-order valence-corrected chi connectivity index (χ1v) is 9.90. The molecule has 0 N–H and O–H groups in total. The summed E-state index contributed by atoms with van der Waals surface area (Å²) < 4.78 is 14.1. The van der Waals surface area contributed by atoms with E-state index >= 15 is 0 Å². The molecule has 0 aliphatic carbocycles. The highest BCUT2D eigenvalue weighted by Crippen LogP contribution is 2.34. The van der Waals surface area contributed by atoms with Crippen LogP contribution in [0.2, 0.25) is 0 Å². The van der Waals surface area contributed by atoms with Crippen molar-refractivity contribution in [2.75, 3.05) is 11.9 Å². The SMILES string of the molecule is CCN1C(CBr)=CC(c2ccc(F)cc2Br)N=C1c1nccs1. The van der Waals surface area contributed by atoms with Gasteiger partial charge in [0.15, 0.2) is 10.8 Å². The second-order valence-electron chi connectivity index (χ2n) is 4.94. The summed E-state index contributed by atoms with van der Waals surface area (Å²) >= 11 is 8.58. The maximum Gasteiger partial charge on any atom is 0.165 e. The van der Waals surface area contributed by atoms with E-state index < -0.39 is 0 Å². The zero-order valence-corrected chi connectivity index (χ0v) is 16.3. The van der Waals surface area contributed by atoms with Crippen LogP contribution in [0.5, 0.6) is 0 Å². The van der Waals surface area contributed by atoms with Crippen LogP contribution in [-0.4, -0.2) is 27.6 Å². The summed E-state index contributed by atoms with van der Waals surface area (Å²) in [5.41, 5.74) is 2.07. The summed E-state index contributed by atoms with van der Waals surface area (Å²) in [6.45, 7) is 2.90. The number of rotatable bonds is 4. The average molecular weight is 459 g/mol. The molecular weight excluding hydrogens is 445 g/mol. The van der Waals surface area contributed by atoms with Crippen molar-refractivity contribution in [3.63, 3.8) is 0 Å². The number of hydrogen-bond acceptors (Lipinski definition) is 4. The summed E-state index contributed by atoms with van der Waals surface area (Å²) in [5.74, 6) is 0.598. The fraction of sp³-hybridized carbons (Fsp3) is 0.250. The molecule has 1 aliphatic heterocycles. The number of allylic oxidation sites excluding steroid dienone is 1. The quantitative estimate of drug-likeness (QED) is 0.593. The third-order valence-electron chi connectivity index (χ3n) is 3.57. The summed E-state index contributed by atoms with van der Waals surface area (Å²) in [6.07, 6.45) is 3.89. The Bertz CT molecular complexity index is 759. The maximum absolute atomic E-state index is 13.4. The van der Waals surface area contributed by atoms with Gasteiger partial charge in [-0.2, -0.15) is 0 Å². The van der Waals surface area contributed by atoms with Crippen molar-refractivity contribution in [2.24, 2.45) is 4.99 Å². The topological polar surface area (TPSA) is 28.5 Å². The Labute approximate surface area is 155 Å². The largest absolute Gasteiger partial charge is 0.328 e. The predicted molar refractivity (Wildman–Crippen MR) is 99.7 cm³/mol. The molecule has 0 fully saturated rings. The van der Waals surface area contributed by atoms with E-state index in [0.29, 0.717) is 0 Å². The van der Waals surface area contributed by atoms with Gasteiger partial charge in [-0.05, 0) is 30.7 Å². The lowest BCUT2D eigenvalue weighted by molar-refractivity contribution is 0.521. The number of aliphatic imine (C=N–C) groups is 1. The summed E-state index contributed by atoms with van der Waals surface area (Å²) in [5, 5.41) is 3.56. The van der Waals surface area contributed by atoms with Gasteiger partial charge in [0.25, 0.3) is 0 Å². The highest BCUT2D eigenvalue weighted by Gasteiger charge is 2.26. The molecule has 7 heteroatoms.